The van der Waals surface area contributed by atoms with Crippen molar-refractivity contribution in [2.24, 2.45) is 5.92 Å². The molecule has 0 bridgehead atoms. The minimum absolute atomic E-state index is 0.198. The molecule has 0 aliphatic heterocycles. The van der Waals surface area contributed by atoms with Crippen LogP contribution in [0.5, 0.6) is 5.75 Å². The third-order valence-corrected chi connectivity index (χ3v) is 4.26. The Morgan fingerprint density at radius 1 is 1.14 bits per heavy atom. The zero-order chi connectivity index (χ0) is 15.1. The van der Waals surface area contributed by atoms with Crippen LogP contribution in [0, 0.1) is 5.92 Å². The van der Waals surface area contributed by atoms with Gasteiger partial charge in [-0.3, -0.25) is 4.79 Å². The van der Waals surface area contributed by atoms with Crippen molar-refractivity contribution >= 4 is 16.7 Å². The highest BCUT2D eigenvalue weighted by Gasteiger charge is 2.33. The molecular weight excluding hydrogens is 274 g/mol. The lowest BCUT2D eigenvalue weighted by Crippen LogP contribution is -2.02. The van der Waals surface area contributed by atoms with Crippen LogP contribution in [0.1, 0.15) is 23.2 Å². The van der Waals surface area contributed by atoms with E-state index in [9.17, 15) is 4.79 Å². The van der Waals surface area contributed by atoms with Gasteiger partial charge in [-0.1, -0.05) is 30.3 Å². The van der Waals surface area contributed by atoms with Gasteiger partial charge in [-0.15, -0.1) is 0 Å². The summed E-state index contributed by atoms with van der Waals surface area (Å²) < 4.78 is 5.31. The molecule has 0 atom stereocenters. The Labute approximate surface area is 128 Å². The van der Waals surface area contributed by atoms with Crippen molar-refractivity contribution in [1.82, 2.24) is 4.98 Å². The number of carbonyl (C=O) groups is 1. The number of rotatable bonds is 4. The summed E-state index contributed by atoms with van der Waals surface area (Å²) >= 11 is 0. The smallest absolute Gasteiger partial charge is 0.168 e. The number of benzene rings is 2. The molecule has 1 aliphatic rings. The summed E-state index contributed by atoms with van der Waals surface area (Å²) in [6, 6.07) is 15.8. The van der Waals surface area contributed by atoms with E-state index in [4.69, 9.17) is 4.74 Å². The minimum Gasteiger partial charge on any atom is -0.497 e. The molecule has 3 nitrogen and oxygen atoms in total. The van der Waals surface area contributed by atoms with E-state index < -0.39 is 0 Å². The van der Waals surface area contributed by atoms with Gasteiger partial charge in [0.15, 0.2) is 5.78 Å². The van der Waals surface area contributed by atoms with Crippen molar-refractivity contribution in [3.63, 3.8) is 0 Å². The Balaban J connectivity index is 1.95. The van der Waals surface area contributed by atoms with E-state index in [-0.39, 0.29) is 11.7 Å². The van der Waals surface area contributed by atoms with Crippen molar-refractivity contribution in [2.75, 3.05) is 7.11 Å². The molecule has 0 unspecified atom stereocenters. The Morgan fingerprint density at radius 2 is 1.95 bits per heavy atom. The summed E-state index contributed by atoms with van der Waals surface area (Å²) in [5, 5.41) is 1.01. The highest BCUT2D eigenvalue weighted by Crippen LogP contribution is 2.39. The van der Waals surface area contributed by atoms with Crippen LogP contribution in [0.15, 0.2) is 48.5 Å². The lowest BCUT2D eigenvalue weighted by atomic mass is 9.99. The van der Waals surface area contributed by atoms with Crippen molar-refractivity contribution in [1.29, 1.82) is 0 Å². The molecule has 1 fully saturated rings. The van der Waals surface area contributed by atoms with E-state index in [2.05, 4.69) is 4.98 Å². The topological polar surface area (TPSA) is 42.1 Å². The highest BCUT2D eigenvalue weighted by molar-refractivity contribution is 6.14. The van der Waals surface area contributed by atoms with E-state index >= 15 is 0 Å². The molecule has 0 spiro atoms. The van der Waals surface area contributed by atoms with Gasteiger partial charge in [0.2, 0.25) is 0 Å². The second kappa shape index (κ2) is 5.02. The number of carbonyl (C=O) groups excluding carboxylic acids is 1. The normalized spacial score (nSPS) is 14.2. The van der Waals surface area contributed by atoms with Gasteiger partial charge in [0.1, 0.15) is 5.75 Å². The van der Waals surface area contributed by atoms with Crippen molar-refractivity contribution < 1.29 is 9.53 Å². The van der Waals surface area contributed by atoms with Crippen LogP contribution in [-0.4, -0.2) is 17.9 Å². The standard InChI is InChI=1S/C19H17NO2/c1-22-14-6-4-5-13(11-14)18-17(19(21)12-9-10-12)15-7-2-3-8-16(15)20-18/h2-8,11-12,20H,9-10H2,1H3. The molecule has 1 saturated carbocycles. The first-order valence-corrected chi connectivity index (χ1v) is 7.57. The van der Waals surface area contributed by atoms with E-state index in [0.717, 1.165) is 46.3 Å². The number of aromatic amines is 1. The first-order chi connectivity index (χ1) is 10.8. The lowest BCUT2D eigenvalue weighted by Gasteiger charge is -2.06. The molecule has 3 aromatic rings. The van der Waals surface area contributed by atoms with Crippen LogP contribution < -0.4 is 4.74 Å². The maximum Gasteiger partial charge on any atom is 0.168 e. The van der Waals surface area contributed by atoms with Gasteiger partial charge in [0.05, 0.1) is 18.4 Å². The molecule has 1 aliphatic carbocycles. The number of H-pyrrole nitrogens is 1. The number of nitrogens with one attached hydrogen (secondary N) is 1. The van der Waals surface area contributed by atoms with Gasteiger partial charge >= 0.3 is 0 Å². The number of ketones is 1. The summed E-state index contributed by atoms with van der Waals surface area (Å²) in [5.41, 5.74) is 3.72. The number of hydrogen-bond acceptors (Lipinski definition) is 2. The second-order valence-electron chi connectivity index (χ2n) is 5.79. The third-order valence-electron chi connectivity index (χ3n) is 4.26. The predicted octanol–water partition coefficient (Wildman–Crippen LogP) is 4.44. The van der Waals surface area contributed by atoms with Gasteiger partial charge < -0.3 is 9.72 Å². The molecular formula is C19H17NO2. The molecule has 110 valence electrons. The average Bonchev–Trinajstić information content (AvgIpc) is 3.34. The number of ether oxygens (including phenoxy) is 1. The monoisotopic (exact) mass is 291 g/mol. The molecule has 1 heterocycles. The summed E-state index contributed by atoms with van der Waals surface area (Å²) in [5.74, 6) is 1.25. The van der Waals surface area contributed by atoms with E-state index in [1.807, 2.05) is 48.5 Å². The van der Waals surface area contributed by atoms with Crippen LogP contribution in [0.3, 0.4) is 0 Å². The highest BCUT2D eigenvalue weighted by atomic mass is 16.5. The average molecular weight is 291 g/mol. The number of fused-ring (bicyclic) bond motifs is 1. The second-order valence-corrected chi connectivity index (χ2v) is 5.79. The molecule has 0 radical (unpaired) electrons. The molecule has 22 heavy (non-hydrogen) atoms. The predicted molar refractivity (Wildman–Crippen MR) is 87.3 cm³/mol. The number of para-hydroxylation sites is 1. The van der Waals surface area contributed by atoms with Gasteiger partial charge in [-0.25, -0.2) is 0 Å². The fourth-order valence-electron chi connectivity index (χ4n) is 2.94. The number of hydrogen-bond donors (Lipinski definition) is 1. The van der Waals surface area contributed by atoms with E-state index in [0.29, 0.717) is 0 Å². The van der Waals surface area contributed by atoms with Gasteiger partial charge in [0, 0.05) is 22.4 Å². The lowest BCUT2D eigenvalue weighted by molar-refractivity contribution is 0.0970. The number of Topliss-reactive ketones (excluding diaryl/α,β-unsaturated/α-hetero) is 1. The van der Waals surface area contributed by atoms with Crippen LogP contribution >= 0.6 is 0 Å². The quantitative estimate of drug-likeness (QED) is 0.722. The fourth-order valence-corrected chi connectivity index (χ4v) is 2.94. The summed E-state index contributed by atoms with van der Waals surface area (Å²) in [7, 11) is 1.65. The van der Waals surface area contributed by atoms with Crippen LogP contribution in [0.4, 0.5) is 0 Å². The van der Waals surface area contributed by atoms with Crippen molar-refractivity contribution in [3.05, 3.63) is 54.1 Å². The Morgan fingerprint density at radius 3 is 2.73 bits per heavy atom. The third kappa shape index (κ3) is 2.10. The largest absolute Gasteiger partial charge is 0.497 e. The van der Waals surface area contributed by atoms with Crippen molar-refractivity contribution in [3.8, 4) is 17.0 Å². The molecule has 1 aromatic heterocycles. The van der Waals surface area contributed by atoms with Gasteiger partial charge in [-0.2, -0.15) is 0 Å². The maximum absolute atomic E-state index is 12.8. The zero-order valence-electron chi connectivity index (χ0n) is 12.4. The van der Waals surface area contributed by atoms with Gasteiger partial charge in [0.25, 0.3) is 0 Å². The first-order valence-electron chi connectivity index (χ1n) is 7.57. The van der Waals surface area contributed by atoms with Crippen molar-refractivity contribution in [2.45, 2.75) is 12.8 Å². The summed E-state index contributed by atoms with van der Waals surface area (Å²) in [6.07, 6.45) is 2.02. The van der Waals surface area contributed by atoms with Crippen LogP contribution in [0.2, 0.25) is 0 Å². The number of methoxy groups -OCH3 is 1. The van der Waals surface area contributed by atoms with Crippen LogP contribution in [-0.2, 0) is 0 Å². The Hall–Kier alpha value is -2.55. The van der Waals surface area contributed by atoms with Gasteiger partial charge in [-0.05, 0) is 31.0 Å². The fraction of sp³-hybridized carbons (Fsp3) is 0.211. The molecule has 3 heteroatoms. The summed E-state index contributed by atoms with van der Waals surface area (Å²) in [6.45, 7) is 0. The van der Waals surface area contributed by atoms with E-state index in [1.165, 1.54) is 0 Å². The maximum atomic E-state index is 12.8. The number of aromatic nitrogens is 1. The zero-order valence-corrected chi connectivity index (χ0v) is 12.4. The molecule has 4 rings (SSSR count). The molecule has 2 aromatic carbocycles. The Kier molecular flexibility index (Phi) is 3.00. The minimum atomic E-state index is 0.198. The molecule has 0 saturated heterocycles. The summed E-state index contributed by atoms with van der Waals surface area (Å²) in [4.78, 5) is 16.2. The molecule has 0 amide bonds. The van der Waals surface area contributed by atoms with Crippen LogP contribution in [0.25, 0.3) is 22.2 Å². The first kappa shape index (κ1) is 13.1. The Bertz CT molecular complexity index is 859. The van der Waals surface area contributed by atoms with E-state index in [1.54, 1.807) is 7.11 Å². The SMILES string of the molecule is COc1cccc(-c2[nH]c3ccccc3c2C(=O)C2CC2)c1. The molecule has 1 N–H and O–H groups in total.